The van der Waals surface area contributed by atoms with E-state index in [1.807, 2.05) is 0 Å². The molecule has 0 amide bonds. The summed E-state index contributed by atoms with van der Waals surface area (Å²) < 4.78 is 0. The first-order valence-electron chi connectivity index (χ1n) is 15.3. The molecule has 0 aliphatic carbocycles. The highest BCUT2D eigenvalue weighted by Gasteiger charge is 2.38. The van der Waals surface area contributed by atoms with Gasteiger partial charge < -0.3 is 9.80 Å². The second-order valence-corrected chi connectivity index (χ2v) is 12.4. The van der Waals surface area contributed by atoms with Crippen molar-refractivity contribution in [1.82, 2.24) is 9.80 Å². The first kappa shape index (κ1) is 25.0. The maximum absolute atomic E-state index is 2.95. The Morgan fingerprint density at radius 2 is 0.906 bits per heavy atom. The summed E-state index contributed by atoms with van der Waals surface area (Å²) in [4.78, 5) is 5.85. The highest BCUT2D eigenvalue weighted by atomic mass is 15.1. The first-order chi connectivity index (χ1) is 15.9. The summed E-state index contributed by atoms with van der Waals surface area (Å²) in [6.07, 6.45) is 30.0. The van der Waals surface area contributed by atoms with Crippen LogP contribution >= 0.6 is 0 Å². The van der Waals surface area contributed by atoms with Crippen molar-refractivity contribution in [3.05, 3.63) is 0 Å². The standard InChI is InChI=1S/C30H56N2/c1-3-7-11-15-20-31-22-19-30-28(25-31)18-14-10-6-2-4-8-12-16-21-32-24-27(17-13-9-5-1)23-29(30)26-32/h27-30H,1-26H2/t27-,28-,29+,30-/m0/s1. The normalized spacial score (nSPS) is 39.8. The largest absolute Gasteiger partial charge is 0.303 e. The van der Waals surface area contributed by atoms with Crippen molar-refractivity contribution in [2.45, 2.75) is 128 Å². The summed E-state index contributed by atoms with van der Waals surface area (Å²) in [6, 6.07) is 0. The minimum absolute atomic E-state index is 0.996. The molecule has 32 heavy (non-hydrogen) atoms. The fourth-order valence-electron chi connectivity index (χ4n) is 7.94. The van der Waals surface area contributed by atoms with E-state index < -0.39 is 0 Å². The van der Waals surface area contributed by atoms with Crippen LogP contribution in [0, 0.1) is 23.7 Å². The Hall–Kier alpha value is -0.0800. The molecular weight excluding hydrogens is 388 g/mol. The van der Waals surface area contributed by atoms with E-state index in [0.717, 1.165) is 23.7 Å². The quantitative estimate of drug-likeness (QED) is 0.374. The average Bonchev–Trinajstić information content (AvgIpc) is 2.80. The molecule has 2 heteroatoms. The van der Waals surface area contributed by atoms with Gasteiger partial charge in [-0.1, -0.05) is 89.9 Å². The number of hydrogen-bond acceptors (Lipinski definition) is 2. The molecular formula is C30H56N2. The van der Waals surface area contributed by atoms with E-state index in [0.29, 0.717) is 0 Å². The highest BCUT2D eigenvalue weighted by Crippen LogP contribution is 2.40. The minimum atomic E-state index is 0.996. The van der Waals surface area contributed by atoms with Gasteiger partial charge in [0.25, 0.3) is 0 Å². The fraction of sp³-hybridized carbons (Fsp3) is 1.00. The Morgan fingerprint density at radius 1 is 0.375 bits per heavy atom. The summed E-state index contributed by atoms with van der Waals surface area (Å²) >= 11 is 0. The second-order valence-electron chi connectivity index (χ2n) is 12.4. The summed E-state index contributed by atoms with van der Waals surface area (Å²) in [7, 11) is 0. The van der Waals surface area contributed by atoms with Crippen LogP contribution in [0.4, 0.5) is 0 Å². The molecule has 0 spiro atoms. The zero-order valence-electron chi connectivity index (χ0n) is 21.6. The van der Waals surface area contributed by atoms with Crippen molar-refractivity contribution < 1.29 is 0 Å². The van der Waals surface area contributed by atoms with Crippen LogP contribution in [0.2, 0.25) is 0 Å². The van der Waals surface area contributed by atoms with Crippen LogP contribution in [0.3, 0.4) is 0 Å². The predicted molar refractivity (Wildman–Crippen MR) is 139 cm³/mol. The minimum Gasteiger partial charge on any atom is -0.303 e. The van der Waals surface area contributed by atoms with Gasteiger partial charge in [-0.2, -0.15) is 0 Å². The Morgan fingerprint density at radius 3 is 1.59 bits per heavy atom. The Kier molecular flexibility index (Phi) is 11.2. The van der Waals surface area contributed by atoms with Gasteiger partial charge in [0.1, 0.15) is 0 Å². The van der Waals surface area contributed by atoms with Gasteiger partial charge in [-0.05, 0) is 81.8 Å². The van der Waals surface area contributed by atoms with Crippen LogP contribution in [-0.2, 0) is 0 Å². The zero-order chi connectivity index (χ0) is 21.8. The van der Waals surface area contributed by atoms with E-state index >= 15 is 0 Å². The van der Waals surface area contributed by atoms with Gasteiger partial charge in [0.05, 0.1) is 0 Å². The second kappa shape index (κ2) is 14.3. The van der Waals surface area contributed by atoms with E-state index in [4.69, 9.17) is 0 Å². The molecule has 5 aliphatic heterocycles. The van der Waals surface area contributed by atoms with Crippen molar-refractivity contribution >= 4 is 0 Å². The molecule has 2 unspecified atom stereocenters. The van der Waals surface area contributed by atoms with E-state index in [-0.39, 0.29) is 0 Å². The van der Waals surface area contributed by atoms with Crippen LogP contribution < -0.4 is 0 Å². The Balaban J connectivity index is 1.46. The first-order valence-corrected chi connectivity index (χ1v) is 15.3. The monoisotopic (exact) mass is 444 g/mol. The maximum atomic E-state index is 2.95. The number of fused-ring (bicyclic) bond motifs is 11. The SMILES string of the molecule is C1CCCCCN2CC[C@@H]3[C@@H]4C[C@H](CCCC1)CN(CCCCCCCCCC[C@H]3C2)C4. The molecule has 6 atom stereocenters. The lowest BCUT2D eigenvalue weighted by Crippen LogP contribution is -2.49. The van der Waals surface area contributed by atoms with Gasteiger partial charge >= 0.3 is 0 Å². The van der Waals surface area contributed by atoms with Crippen LogP contribution in [-0.4, -0.2) is 49.1 Å². The number of piperidine rings is 2. The van der Waals surface area contributed by atoms with E-state index in [1.165, 1.54) is 161 Å². The van der Waals surface area contributed by atoms with Crippen molar-refractivity contribution in [2.24, 2.45) is 23.7 Å². The molecule has 5 aliphatic rings. The van der Waals surface area contributed by atoms with E-state index in [9.17, 15) is 0 Å². The van der Waals surface area contributed by atoms with E-state index in [1.54, 1.807) is 6.42 Å². The molecule has 5 rings (SSSR count). The Bertz CT molecular complexity index is 491. The van der Waals surface area contributed by atoms with Gasteiger partial charge in [-0.15, -0.1) is 0 Å². The molecule has 6 bridgehead atoms. The predicted octanol–water partition coefficient (Wildman–Crippen LogP) is 7.91. The summed E-state index contributed by atoms with van der Waals surface area (Å²) in [5, 5.41) is 0. The van der Waals surface area contributed by atoms with Crippen molar-refractivity contribution in [1.29, 1.82) is 0 Å². The number of rotatable bonds is 0. The number of nitrogens with zero attached hydrogens (tertiary/aromatic N) is 2. The van der Waals surface area contributed by atoms with Crippen LogP contribution in [0.1, 0.15) is 128 Å². The molecule has 0 aromatic carbocycles. The van der Waals surface area contributed by atoms with Gasteiger partial charge in [0.2, 0.25) is 0 Å². The molecule has 0 aromatic heterocycles. The smallest absolute Gasteiger partial charge is 0.00127 e. The average molecular weight is 445 g/mol. The van der Waals surface area contributed by atoms with Crippen molar-refractivity contribution in [3.63, 3.8) is 0 Å². The lowest BCUT2D eigenvalue weighted by molar-refractivity contribution is 0.0186. The number of hydrogen-bond donors (Lipinski definition) is 0. The van der Waals surface area contributed by atoms with Crippen molar-refractivity contribution in [3.8, 4) is 0 Å². The molecule has 5 fully saturated rings. The van der Waals surface area contributed by atoms with Crippen LogP contribution in [0.15, 0.2) is 0 Å². The summed E-state index contributed by atoms with van der Waals surface area (Å²) in [6.45, 7) is 8.50. The molecule has 0 saturated carbocycles. The van der Waals surface area contributed by atoms with Crippen LogP contribution in [0.5, 0.6) is 0 Å². The molecule has 0 N–H and O–H groups in total. The molecule has 0 aromatic rings. The maximum Gasteiger partial charge on any atom is 0.00127 e. The third kappa shape index (κ3) is 8.30. The molecule has 2 nitrogen and oxygen atoms in total. The van der Waals surface area contributed by atoms with Gasteiger partial charge in [-0.25, -0.2) is 0 Å². The third-order valence-corrected chi connectivity index (χ3v) is 9.76. The topological polar surface area (TPSA) is 6.48 Å². The third-order valence-electron chi connectivity index (χ3n) is 9.76. The fourth-order valence-corrected chi connectivity index (χ4v) is 7.94. The molecule has 5 heterocycles. The van der Waals surface area contributed by atoms with Gasteiger partial charge in [0, 0.05) is 19.6 Å². The zero-order valence-corrected chi connectivity index (χ0v) is 21.6. The Labute approximate surface area is 201 Å². The van der Waals surface area contributed by atoms with Crippen LogP contribution in [0.25, 0.3) is 0 Å². The summed E-state index contributed by atoms with van der Waals surface area (Å²) in [5.41, 5.74) is 0. The van der Waals surface area contributed by atoms with Crippen molar-refractivity contribution in [2.75, 3.05) is 39.3 Å². The molecule has 186 valence electrons. The van der Waals surface area contributed by atoms with Gasteiger partial charge in [-0.3, -0.25) is 0 Å². The van der Waals surface area contributed by atoms with Gasteiger partial charge in [0.15, 0.2) is 0 Å². The van der Waals surface area contributed by atoms with E-state index in [2.05, 4.69) is 9.80 Å². The highest BCUT2D eigenvalue weighted by molar-refractivity contribution is 4.90. The molecule has 5 saturated heterocycles. The lowest BCUT2D eigenvalue weighted by atomic mass is 9.69. The lowest BCUT2D eigenvalue weighted by Gasteiger charge is -2.47. The molecule has 0 radical (unpaired) electrons. The summed E-state index contributed by atoms with van der Waals surface area (Å²) in [5.74, 6) is 4.02.